The lowest BCUT2D eigenvalue weighted by Crippen LogP contribution is -2.46. The van der Waals surface area contributed by atoms with Crippen molar-refractivity contribution in [2.75, 3.05) is 26.2 Å². The van der Waals surface area contributed by atoms with E-state index >= 15 is 0 Å². The van der Waals surface area contributed by atoms with E-state index in [1.54, 1.807) is 0 Å². The second kappa shape index (κ2) is 10.2. The Bertz CT molecular complexity index is 940. The molecule has 3 heterocycles. The Labute approximate surface area is 179 Å². The molecule has 1 fully saturated rings. The number of hydrogen-bond donors (Lipinski definition) is 1. The van der Waals surface area contributed by atoms with Crippen LogP contribution in [0.25, 0.3) is 5.65 Å². The second-order valence-electron chi connectivity index (χ2n) is 8.00. The lowest BCUT2D eigenvalue weighted by molar-refractivity contribution is 0.259. The van der Waals surface area contributed by atoms with Gasteiger partial charge in [0.25, 0.3) is 0 Å². The van der Waals surface area contributed by atoms with Crippen LogP contribution in [0.4, 0.5) is 0 Å². The Morgan fingerprint density at radius 2 is 1.87 bits per heavy atom. The molecule has 0 atom stereocenters. The molecule has 3 aromatic rings. The minimum atomic E-state index is 0.771. The van der Waals surface area contributed by atoms with Crippen LogP contribution in [0.1, 0.15) is 37.6 Å². The van der Waals surface area contributed by atoms with Crippen molar-refractivity contribution < 1.29 is 0 Å². The van der Waals surface area contributed by atoms with Gasteiger partial charge < -0.3 is 10.2 Å². The maximum Gasteiger partial charge on any atom is 0.193 e. The Morgan fingerprint density at radius 3 is 2.67 bits per heavy atom. The summed E-state index contributed by atoms with van der Waals surface area (Å²) in [6, 6.07) is 16.9. The molecule has 1 saturated heterocycles. The zero-order valence-corrected chi connectivity index (χ0v) is 17.9. The van der Waals surface area contributed by atoms with Crippen LogP contribution in [-0.2, 0) is 12.8 Å². The summed E-state index contributed by atoms with van der Waals surface area (Å²) < 4.78 is 2.06. The molecule has 1 N–H and O–H groups in total. The predicted molar refractivity (Wildman–Crippen MR) is 122 cm³/mol. The van der Waals surface area contributed by atoms with Gasteiger partial charge in [0.15, 0.2) is 11.6 Å². The van der Waals surface area contributed by atoms with Gasteiger partial charge in [0.05, 0.1) is 0 Å². The van der Waals surface area contributed by atoms with Crippen LogP contribution < -0.4 is 5.32 Å². The quantitative estimate of drug-likeness (QED) is 0.371. The van der Waals surface area contributed by atoms with Crippen LogP contribution in [0.2, 0.25) is 0 Å². The molecule has 0 saturated carbocycles. The third-order valence-corrected chi connectivity index (χ3v) is 5.82. The summed E-state index contributed by atoms with van der Waals surface area (Å²) in [5.41, 5.74) is 2.36. The van der Waals surface area contributed by atoms with Crippen molar-refractivity contribution in [3.05, 3.63) is 66.1 Å². The number of aryl methyl sites for hydroxylation is 1. The van der Waals surface area contributed by atoms with E-state index in [1.807, 2.05) is 24.4 Å². The molecule has 0 aliphatic carbocycles. The molecule has 0 bridgehead atoms. The lowest BCUT2D eigenvalue weighted by atomic mass is 9.90. The summed E-state index contributed by atoms with van der Waals surface area (Å²) in [4.78, 5) is 7.33. The molecule has 0 amide bonds. The number of nitrogens with one attached hydrogen (secondary N) is 1. The van der Waals surface area contributed by atoms with Gasteiger partial charge in [0.2, 0.25) is 0 Å². The fourth-order valence-corrected chi connectivity index (χ4v) is 4.21. The van der Waals surface area contributed by atoms with E-state index in [1.165, 1.54) is 24.8 Å². The number of aromatic nitrogens is 3. The van der Waals surface area contributed by atoms with Crippen molar-refractivity contribution in [3.63, 3.8) is 0 Å². The van der Waals surface area contributed by atoms with Crippen LogP contribution in [0, 0.1) is 5.92 Å². The first-order valence-electron chi connectivity index (χ1n) is 11.2. The van der Waals surface area contributed by atoms with E-state index < -0.39 is 0 Å². The molecule has 4 rings (SSSR count). The molecule has 158 valence electrons. The zero-order chi connectivity index (χ0) is 20.6. The number of benzene rings is 1. The van der Waals surface area contributed by atoms with Crippen LogP contribution in [-0.4, -0.2) is 51.6 Å². The molecule has 1 aliphatic rings. The first-order chi connectivity index (χ1) is 14.8. The normalized spacial score (nSPS) is 15.6. The molecule has 1 aliphatic heterocycles. The van der Waals surface area contributed by atoms with Gasteiger partial charge in [0, 0.05) is 38.8 Å². The van der Waals surface area contributed by atoms with Gasteiger partial charge in [-0.25, -0.2) is 0 Å². The van der Waals surface area contributed by atoms with Crippen molar-refractivity contribution in [2.45, 2.75) is 39.0 Å². The topological polar surface area (TPSA) is 57.8 Å². The number of fused-ring (bicyclic) bond motifs is 1. The van der Waals surface area contributed by atoms with Crippen molar-refractivity contribution in [2.24, 2.45) is 10.9 Å². The highest BCUT2D eigenvalue weighted by molar-refractivity contribution is 5.80. The number of likely N-dealkylation sites (tertiary alicyclic amines) is 1. The largest absolute Gasteiger partial charge is 0.357 e. The van der Waals surface area contributed by atoms with E-state index in [9.17, 15) is 0 Å². The monoisotopic (exact) mass is 404 g/mol. The Hall–Kier alpha value is -2.89. The number of aliphatic imine (C=N–C) groups is 1. The van der Waals surface area contributed by atoms with Crippen LogP contribution >= 0.6 is 0 Å². The highest BCUT2D eigenvalue weighted by Gasteiger charge is 2.21. The van der Waals surface area contributed by atoms with Crippen LogP contribution in [0.3, 0.4) is 0 Å². The predicted octanol–water partition coefficient (Wildman–Crippen LogP) is 3.58. The highest BCUT2D eigenvalue weighted by Crippen LogP contribution is 2.21. The van der Waals surface area contributed by atoms with E-state index in [0.717, 1.165) is 62.4 Å². The minimum absolute atomic E-state index is 0.771. The molecular formula is C24H32N6. The SMILES string of the molecule is CCNC(=NCCCc1nnc2ccccn12)N1CCC(Cc2ccccc2)CC1. The molecule has 6 nitrogen and oxygen atoms in total. The van der Waals surface area contributed by atoms with Crippen LogP contribution in [0.5, 0.6) is 0 Å². The van der Waals surface area contributed by atoms with E-state index in [2.05, 4.69) is 62.1 Å². The highest BCUT2D eigenvalue weighted by atomic mass is 15.3. The minimum Gasteiger partial charge on any atom is -0.357 e. The average molecular weight is 405 g/mol. The maximum atomic E-state index is 4.90. The van der Waals surface area contributed by atoms with Crippen molar-refractivity contribution >= 4 is 11.6 Å². The van der Waals surface area contributed by atoms with E-state index in [4.69, 9.17) is 4.99 Å². The summed E-state index contributed by atoms with van der Waals surface area (Å²) in [5.74, 6) is 2.84. The summed E-state index contributed by atoms with van der Waals surface area (Å²) >= 11 is 0. The summed E-state index contributed by atoms with van der Waals surface area (Å²) in [5, 5.41) is 12.0. The van der Waals surface area contributed by atoms with Crippen molar-refractivity contribution in [1.29, 1.82) is 0 Å². The van der Waals surface area contributed by atoms with Crippen molar-refractivity contribution in [1.82, 2.24) is 24.8 Å². The number of guanidine groups is 1. The summed E-state index contributed by atoms with van der Waals surface area (Å²) in [7, 11) is 0. The molecule has 30 heavy (non-hydrogen) atoms. The van der Waals surface area contributed by atoms with Gasteiger partial charge in [-0.2, -0.15) is 0 Å². The number of pyridine rings is 1. The third kappa shape index (κ3) is 5.17. The number of nitrogens with zero attached hydrogens (tertiary/aromatic N) is 5. The second-order valence-corrected chi connectivity index (χ2v) is 8.00. The fourth-order valence-electron chi connectivity index (χ4n) is 4.21. The standard InChI is InChI=1S/C24H32N6/c1-2-25-24(26-15-8-12-23-28-27-22-11-6-7-16-30(22)23)29-17-13-21(14-18-29)19-20-9-4-3-5-10-20/h3-7,9-11,16,21H,2,8,12-15,17-19H2,1H3,(H,25,26). The first-order valence-corrected chi connectivity index (χ1v) is 11.2. The van der Waals surface area contributed by atoms with Crippen LogP contribution in [0.15, 0.2) is 59.7 Å². The number of piperidine rings is 1. The Balaban J connectivity index is 1.27. The third-order valence-electron chi connectivity index (χ3n) is 5.82. The first kappa shape index (κ1) is 20.4. The molecule has 0 spiro atoms. The Morgan fingerprint density at radius 1 is 1.07 bits per heavy atom. The van der Waals surface area contributed by atoms with E-state index in [-0.39, 0.29) is 0 Å². The summed E-state index contributed by atoms with van der Waals surface area (Å²) in [6.45, 7) is 6.00. The van der Waals surface area contributed by atoms with Crippen molar-refractivity contribution in [3.8, 4) is 0 Å². The van der Waals surface area contributed by atoms with E-state index in [0.29, 0.717) is 0 Å². The average Bonchev–Trinajstić information content (AvgIpc) is 3.20. The number of rotatable bonds is 7. The smallest absolute Gasteiger partial charge is 0.193 e. The van der Waals surface area contributed by atoms with Gasteiger partial charge >= 0.3 is 0 Å². The molecule has 0 radical (unpaired) electrons. The van der Waals surface area contributed by atoms with Gasteiger partial charge in [-0.1, -0.05) is 36.4 Å². The molecule has 6 heteroatoms. The molecule has 2 aromatic heterocycles. The molecule has 1 aromatic carbocycles. The van der Waals surface area contributed by atoms with Gasteiger partial charge in [-0.3, -0.25) is 9.39 Å². The maximum absolute atomic E-state index is 4.90. The molecular weight excluding hydrogens is 372 g/mol. The Kier molecular flexibility index (Phi) is 6.95. The lowest BCUT2D eigenvalue weighted by Gasteiger charge is -2.34. The molecule has 0 unspecified atom stereocenters. The van der Waals surface area contributed by atoms with Gasteiger partial charge in [-0.15, -0.1) is 10.2 Å². The van der Waals surface area contributed by atoms with Gasteiger partial charge in [-0.05, 0) is 56.2 Å². The fraction of sp³-hybridized carbons (Fsp3) is 0.458. The number of hydrogen-bond acceptors (Lipinski definition) is 3. The zero-order valence-electron chi connectivity index (χ0n) is 17.9. The van der Waals surface area contributed by atoms with Gasteiger partial charge in [0.1, 0.15) is 5.82 Å². The summed E-state index contributed by atoms with van der Waals surface area (Å²) in [6.07, 6.45) is 7.52.